The van der Waals surface area contributed by atoms with Gasteiger partial charge in [0.15, 0.2) is 0 Å². The van der Waals surface area contributed by atoms with Crippen LogP contribution in [0.1, 0.15) is 52.7 Å². The van der Waals surface area contributed by atoms with Gasteiger partial charge in [-0.2, -0.15) is 0 Å². The summed E-state index contributed by atoms with van der Waals surface area (Å²) >= 11 is 0. The number of hydrogen-bond acceptors (Lipinski definition) is 2. The van der Waals surface area contributed by atoms with Gasteiger partial charge in [-0.3, -0.25) is 0 Å². The Labute approximate surface area is 387 Å². The van der Waals surface area contributed by atoms with Gasteiger partial charge in [0, 0.05) is 55.4 Å². The lowest BCUT2D eigenvalue weighted by Gasteiger charge is -2.44. The van der Waals surface area contributed by atoms with E-state index in [2.05, 4.69) is 250 Å². The fourth-order valence-electron chi connectivity index (χ4n) is 11.4. The van der Waals surface area contributed by atoms with Crippen LogP contribution in [0, 0.1) is 0 Å². The molecular weight excluding hydrogens is 798 g/mol. The van der Waals surface area contributed by atoms with Crippen molar-refractivity contribution in [3.8, 4) is 22.3 Å². The van der Waals surface area contributed by atoms with Crippen molar-refractivity contribution in [3.63, 3.8) is 0 Å². The highest BCUT2D eigenvalue weighted by molar-refractivity contribution is 7.00. The molecule has 316 valence electrons. The second kappa shape index (κ2) is 14.0. The third-order valence-electron chi connectivity index (χ3n) is 14.6. The summed E-state index contributed by atoms with van der Waals surface area (Å²) in [5.41, 5.74) is 22.4. The molecule has 0 radical (unpaired) electrons. The molecule has 0 aliphatic carbocycles. The minimum atomic E-state index is -0.0364. The quantitative estimate of drug-likeness (QED) is 0.163. The highest BCUT2D eigenvalue weighted by atomic mass is 15.2. The maximum absolute atomic E-state index is 2.59. The minimum Gasteiger partial charge on any atom is -0.311 e. The molecule has 3 nitrogen and oxygen atoms in total. The van der Waals surface area contributed by atoms with Crippen molar-refractivity contribution < 1.29 is 0 Å². The maximum Gasteiger partial charge on any atom is 0.252 e. The Morgan fingerprint density at radius 2 is 0.833 bits per heavy atom. The Hall–Kier alpha value is -7.56. The third-order valence-corrected chi connectivity index (χ3v) is 14.6. The summed E-state index contributed by atoms with van der Waals surface area (Å²) < 4.78 is 2.58. The van der Waals surface area contributed by atoms with Crippen molar-refractivity contribution in [2.75, 3.05) is 9.80 Å². The number of rotatable bonds is 4. The van der Waals surface area contributed by atoms with E-state index in [0.29, 0.717) is 0 Å². The van der Waals surface area contributed by atoms with Crippen molar-refractivity contribution in [3.05, 3.63) is 205 Å². The number of para-hydroxylation sites is 3. The summed E-state index contributed by atoms with van der Waals surface area (Å²) in [5.74, 6) is 0. The smallest absolute Gasteiger partial charge is 0.252 e. The van der Waals surface area contributed by atoms with Gasteiger partial charge in [-0.25, -0.2) is 0 Å². The molecule has 0 saturated carbocycles. The molecule has 66 heavy (non-hydrogen) atoms. The molecular formula is C62H50BN3. The number of aromatic nitrogens is 1. The van der Waals surface area contributed by atoms with E-state index in [1.807, 2.05) is 0 Å². The number of anilines is 6. The van der Waals surface area contributed by atoms with Crippen molar-refractivity contribution >= 4 is 95.3 Å². The maximum atomic E-state index is 2.59. The molecule has 4 heterocycles. The average Bonchev–Trinajstić information content (AvgIpc) is 3.84. The summed E-state index contributed by atoms with van der Waals surface area (Å²) in [7, 11) is 0. The molecule has 0 saturated heterocycles. The fraction of sp³-hybridized carbons (Fsp3) is 0.129. The molecule has 4 heteroatoms. The van der Waals surface area contributed by atoms with E-state index < -0.39 is 0 Å². The predicted octanol–water partition coefficient (Wildman–Crippen LogP) is 14.8. The molecule has 0 amide bonds. The van der Waals surface area contributed by atoms with Crippen LogP contribution in [-0.2, 0) is 10.8 Å². The number of hydrogen-bond donors (Lipinski definition) is 0. The second-order valence-electron chi connectivity index (χ2n) is 20.6. The van der Waals surface area contributed by atoms with E-state index in [1.54, 1.807) is 0 Å². The van der Waals surface area contributed by atoms with E-state index >= 15 is 0 Å². The second-order valence-corrected chi connectivity index (χ2v) is 20.6. The van der Waals surface area contributed by atoms with E-state index in [0.717, 1.165) is 5.69 Å². The first-order valence-corrected chi connectivity index (χ1v) is 23.5. The lowest BCUT2D eigenvalue weighted by atomic mass is 9.33. The molecule has 0 N–H and O–H groups in total. The van der Waals surface area contributed by atoms with Crippen molar-refractivity contribution in [1.82, 2.24) is 4.40 Å². The highest BCUT2D eigenvalue weighted by Gasteiger charge is 2.44. The Morgan fingerprint density at radius 3 is 1.42 bits per heavy atom. The zero-order valence-electron chi connectivity index (χ0n) is 38.4. The number of fused-ring (bicyclic) bond motifs is 10. The van der Waals surface area contributed by atoms with E-state index in [4.69, 9.17) is 0 Å². The molecule has 2 aromatic heterocycles. The van der Waals surface area contributed by atoms with Gasteiger partial charge in [-0.15, -0.1) is 0 Å². The Balaban J connectivity index is 1.16. The molecule has 0 unspecified atom stereocenters. The molecule has 0 bridgehead atoms. The lowest BCUT2D eigenvalue weighted by molar-refractivity contribution is 0.590. The first-order chi connectivity index (χ1) is 32.0. The first kappa shape index (κ1) is 38.9. The summed E-state index contributed by atoms with van der Waals surface area (Å²) in [6.07, 6.45) is 0. The molecule has 11 aromatic rings. The van der Waals surface area contributed by atoms with Gasteiger partial charge in [-0.05, 0) is 110 Å². The van der Waals surface area contributed by atoms with E-state index in [-0.39, 0.29) is 17.5 Å². The zero-order valence-corrected chi connectivity index (χ0v) is 38.4. The van der Waals surface area contributed by atoms with Crippen LogP contribution < -0.4 is 26.2 Å². The molecule has 0 fully saturated rings. The normalized spacial score (nSPS) is 13.5. The number of nitrogens with zero attached hydrogens (tertiary/aromatic N) is 3. The Kier molecular flexibility index (Phi) is 8.23. The lowest BCUT2D eigenvalue weighted by Crippen LogP contribution is -2.61. The van der Waals surface area contributed by atoms with Gasteiger partial charge in [0.25, 0.3) is 6.71 Å². The van der Waals surface area contributed by atoms with Gasteiger partial charge in [0.05, 0.1) is 27.9 Å². The Morgan fingerprint density at radius 1 is 0.348 bits per heavy atom. The van der Waals surface area contributed by atoms with Crippen LogP contribution in [0.25, 0.3) is 60.3 Å². The van der Waals surface area contributed by atoms with E-state index in [1.165, 1.54) is 116 Å². The molecule has 0 atom stereocenters. The van der Waals surface area contributed by atoms with Crippen LogP contribution in [0.2, 0.25) is 0 Å². The van der Waals surface area contributed by atoms with Crippen LogP contribution in [0.15, 0.2) is 194 Å². The number of benzene rings is 9. The van der Waals surface area contributed by atoms with Crippen LogP contribution in [0.5, 0.6) is 0 Å². The Bertz CT molecular complexity index is 3740. The summed E-state index contributed by atoms with van der Waals surface area (Å²) in [6.45, 7) is 14.0. The van der Waals surface area contributed by atoms with Crippen LogP contribution >= 0.6 is 0 Å². The topological polar surface area (TPSA) is 10.9 Å². The van der Waals surface area contributed by atoms with Gasteiger partial charge >= 0.3 is 0 Å². The monoisotopic (exact) mass is 847 g/mol. The average molecular weight is 848 g/mol. The van der Waals surface area contributed by atoms with Crippen LogP contribution in [-0.4, -0.2) is 11.1 Å². The van der Waals surface area contributed by atoms with Crippen molar-refractivity contribution in [2.45, 2.75) is 52.4 Å². The van der Waals surface area contributed by atoms with Crippen molar-refractivity contribution in [2.24, 2.45) is 0 Å². The van der Waals surface area contributed by atoms with Gasteiger partial charge < -0.3 is 14.2 Å². The molecule has 0 spiro atoms. The zero-order chi connectivity index (χ0) is 44.6. The molecule has 2 aliphatic heterocycles. The minimum absolute atomic E-state index is 0.0136. The third kappa shape index (κ3) is 5.57. The van der Waals surface area contributed by atoms with Crippen LogP contribution in [0.4, 0.5) is 34.1 Å². The van der Waals surface area contributed by atoms with Gasteiger partial charge in [0.1, 0.15) is 0 Å². The van der Waals surface area contributed by atoms with Crippen molar-refractivity contribution in [1.29, 1.82) is 0 Å². The van der Waals surface area contributed by atoms with Crippen LogP contribution in [0.3, 0.4) is 0 Å². The summed E-state index contributed by atoms with van der Waals surface area (Å²) in [4.78, 5) is 5.12. The van der Waals surface area contributed by atoms with Gasteiger partial charge in [-0.1, -0.05) is 175 Å². The first-order valence-electron chi connectivity index (χ1n) is 23.5. The van der Waals surface area contributed by atoms with Gasteiger partial charge in [0.2, 0.25) is 0 Å². The van der Waals surface area contributed by atoms with E-state index in [9.17, 15) is 0 Å². The molecule has 9 aromatic carbocycles. The molecule has 2 aliphatic rings. The highest BCUT2D eigenvalue weighted by Crippen LogP contribution is 2.50. The standard InChI is InChI=1S/C62H50BN3/c1-61(2,3)41-32-33-53-45(34-41)47-35-42(62(4,5)6)36-48-46-37-50-58(38-57(46)66(53)60(47)48)65(52-28-17-14-25-44(52)40-22-11-8-12-23-40)56-31-19-30-55-59(56)63(50)49-26-15-18-29-54(49)64(55)51-27-16-13-24-43(51)39-20-9-7-10-21-39/h7-38H,1-6H3. The summed E-state index contributed by atoms with van der Waals surface area (Å²) in [5, 5.41) is 5.28. The fourth-order valence-corrected chi connectivity index (χ4v) is 11.4. The molecule has 13 rings (SSSR count). The SMILES string of the molecule is CC(C)(C)c1ccc2c(c1)c1cc(C(C)(C)C)cc3c4cc5c(cc4n2c13)N(c1ccccc1-c1ccccc1)c1cccc2c1B5c1ccccc1N2c1ccccc1-c1ccccc1. The largest absolute Gasteiger partial charge is 0.311 e. The summed E-state index contributed by atoms with van der Waals surface area (Å²) in [6, 6.07) is 73.1. The predicted molar refractivity (Wildman–Crippen MR) is 283 cm³/mol.